The summed E-state index contributed by atoms with van der Waals surface area (Å²) in [5, 5.41) is 5.31. The summed E-state index contributed by atoms with van der Waals surface area (Å²) in [7, 11) is 3.92. The van der Waals surface area contributed by atoms with Gasteiger partial charge in [-0.25, -0.2) is 4.79 Å². The molecule has 0 atom stereocenters. The Hall–Kier alpha value is -1.95. The van der Waals surface area contributed by atoms with Crippen molar-refractivity contribution in [1.29, 1.82) is 0 Å². The fourth-order valence-corrected chi connectivity index (χ4v) is 1.81. The molecular formula is C13H14BrN3O2. The van der Waals surface area contributed by atoms with Crippen molar-refractivity contribution >= 4 is 39.2 Å². The molecule has 0 bridgehead atoms. The van der Waals surface area contributed by atoms with E-state index in [2.05, 4.69) is 26.6 Å². The van der Waals surface area contributed by atoms with E-state index >= 15 is 0 Å². The Morgan fingerprint density at radius 2 is 1.79 bits per heavy atom. The Morgan fingerprint density at radius 3 is 2.32 bits per heavy atom. The largest absolute Gasteiger partial charge is 0.434 e. The van der Waals surface area contributed by atoms with Crippen LogP contribution in [0.1, 0.15) is 0 Å². The number of amides is 2. The second kappa shape index (κ2) is 5.79. The van der Waals surface area contributed by atoms with E-state index in [-0.39, 0.29) is 6.03 Å². The van der Waals surface area contributed by atoms with Gasteiger partial charge in [-0.1, -0.05) is 0 Å². The SMILES string of the molecule is CN(C)c1ccc(NC(=O)Nc2ccc(Br)o2)cc1. The number of nitrogens with one attached hydrogen (secondary N) is 2. The molecule has 0 aliphatic rings. The smallest absolute Gasteiger partial charge is 0.326 e. The Morgan fingerprint density at radius 1 is 1.11 bits per heavy atom. The van der Waals surface area contributed by atoms with Crippen LogP contribution < -0.4 is 15.5 Å². The Bertz CT molecular complexity index is 564. The summed E-state index contributed by atoms with van der Waals surface area (Å²) >= 11 is 3.17. The topological polar surface area (TPSA) is 57.5 Å². The summed E-state index contributed by atoms with van der Waals surface area (Å²) in [5.74, 6) is 0.384. The molecule has 2 rings (SSSR count). The average molecular weight is 324 g/mol. The first-order valence-corrected chi connectivity index (χ1v) is 6.44. The molecule has 2 amide bonds. The third-order valence-corrected chi connectivity index (χ3v) is 2.88. The second-order valence-electron chi connectivity index (χ2n) is 4.12. The van der Waals surface area contributed by atoms with Gasteiger partial charge in [0, 0.05) is 31.5 Å². The van der Waals surface area contributed by atoms with E-state index in [1.165, 1.54) is 0 Å². The molecular weight excluding hydrogens is 310 g/mol. The lowest BCUT2D eigenvalue weighted by atomic mass is 10.2. The molecule has 1 aromatic heterocycles. The summed E-state index contributed by atoms with van der Waals surface area (Å²) in [6.45, 7) is 0. The highest BCUT2D eigenvalue weighted by atomic mass is 79.9. The number of carbonyl (C=O) groups excluding carboxylic acids is 1. The third kappa shape index (κ3) is 3.75. The standard InChI is InChI=1S/C13H14BrN3O2/c1-17(2)10-5-3-9(4-6-10)15-13(18)16-12-8-7-11(14)19-12/h3-8H,1-2H3,(H2,15,16,18). The first-order chi connectivity index (χ1) is 9.04. The zero-order valence-electron chi connectivity index (χ0n) is 10.6. The molecule has 19 heavy (non-hydrogen) atoms. The first kappa shape index (κ1) is 13.5. The molecule has 5 nitrogen and oxygen atoms in total. The summed E-state index contributed by atoms with van der Waals surface area (Å²) in [4.78, 5) is 13.7. The van der Waals surface area contributed by atoms with Gasteiger partial charge in [0.05, 0.1) is 0 Å². The molecule has 0 saturated carbocycles. The van der Waals surface area contributed by atoms with Crippen LogP contribution in [-0.2, 0) is 0 Å². The van der Waals surface area contributed by atoms with Crippen molar-refractivity contribution in [2.45, 2.75) is 0 Å². The van der Waals surface area contributed by atoms with E-state index in [1.54, 1.807) is 12.1 Å². The number of anilines is 3. The maximum atomic E-state index is 11.7. The summed E-state index contributed by atoms with van der Waals surface area (Å²) < 4.78 is 5.75. The molecule has 1 heterocycles. The highest BCUT2D eigenvalue weighted by Gasteiger charge is 2.05. The minimum atomic E-state index is -0.348. The highest BCUT2D eigenvalue weighted by Crippen LogP contribution is 2.19. The van der Waals surface area contributed by atoms with Gasteiger partial charge < -0.3 is 14.6 Å². The van der Waals surface area contributed by atoms with Gasteiger partial charge in [-0.05, 0) is 46.3 Å². The lowest BCUT2D eigenvalue weighted by molar-refractivity contribution is 0.261. The van der Waals surface area contributed by atoms with Gasteiger partial charge in [0.15, 0.2) is 4.67 Å². The fourth-order valence-electron chi connectivity index (χ4n) is 1.50. The van der Waals surface area contributed by atoms with Crippen molar-refractivity contribution in [3.05, 3.63) is 41.1 Å². The van der Waals surface area contributed by atoms with Crippen LogP contribution in [0, 0.1) is 0 Å². The Labute approximate surface area is 119 Å². The lowest BCUT2D eigenvalue weighted by Gasteiger charge is -2.13. The van der Waals surface area contributed by atoms with Crippen LogP contribution in [-0.4, -0.2) is 20.1 Å². The molecule has 100 valence electrons. The van der Waals surface area contributed by atoms with Crippen molar-refractivity contribution in [2.24, 2.45) is 0 Å². The normalized spacial score (nSPS) is 10.1. The average Bonchev–Trinajstić information content (AvgIpc) is 2.75. The van der Waals surface area contributed by atoms with Gasteiger partial charge in [-0.2, -0.15) is 0 Å². The van der Waals surface area contributed by atoms with Crippen LogP contribution in [0.4, 0.5) is 22.1 Å². The number of halogens is 1. The molecule has 6 heteroatoms. The van der Waals surface area contributed by atoms with E-state index in [0.717, 1.165) is 5.69 Å². The number of hydrogen-bond acceptors (Lipinski definition) is 3. The van der Waals surface area contributed by atoms with Gasteiger partial charge in [-0.3, -0.25) is 5.32 Å². The summed E-state index contributed by atoms with van der Waals surface area (Å²) in [6.07, 6.45) is 0. The predicted octanol–water partition coefficient (Wildman–Crippen LogP) is 3.75. The zero-order valence-corrected chi connectivity index (χ0v) is 12.2. The van der Waals surface area contributed by atoms with E-state index in [4.69, 9.17) is 4.42 Å². The molecule has 0 spiro atoms. The van der Waals surface area contributed by atoms with Crippen molar-refractivity contribution in [1.82, 2.24) is 0 Å². The van der Waals surface area contributed by atoms with Crippen LogP contribution in [0.2, 0.25) is 0 Å². The van der Waals surface area contributed by atoms with Crippen molar-refractivity contribution in [3.63, 3.8) is 0 Å². The van der Waals surface area contributed by atoms with E-state index < -0.39 is 0 Å². The third-order valence-electron chi connectivity index (χ3n) is 2.45. The minimum absolute atomic E-state index is 0.348. The molecule has 0 saturated heterocycles. The fraction of sp³-hybridized carbons (Fsp3) is 0.154. The van der Waals surface area contributed by atoms with Crippen LogP contribution in [0.15, 0.2) is 45.5 Å². The zero-order chi connectivity index (χ0) is 13.8. The molecule has 0 radical (unpaired) electrons. The second-order valence-corrected chi connectivity index (χ2v) is 4.91. The Kier molecular flexibility index (Phi) is 4.11. The Balaban J connectivity index is 1.95. The van der Waals surface area contributed by atoms with Crippen molar-refractivity contribution in [3.8, 4) is 0 Å². The van der Waals surface area contributed by atoms with Gasteiger partial charge in [-0.15, -0.1) is 0 Å². The van der Waals surface area contributed by atoms with Gasteiger partial charge in [0.2, 0.25) is 5.88 Å². The molecule has 0 aliphatic heterocycles. The van der Waals surface area contributed by atoms with Crippen LogP contribution in [0.25, 0.3) is 0 Å². The number of carbonyl (C=O) groups is 1. The number of rotatable bonds is 3. The molecule has 2 N–H and O–H groups in total. The summed E-state index contributed by atoms with van der Waals surface area (Å²) in [6, 6.07) is 10.6. The minimum Gasteiger partial charge on any atom is -0.434 e. The maximum Gasteiger partial charge on any atom is 0.326 e. The highest BCUT2D eigenvalue weighted by molar-refractivity contribution is 9.10. The van der Waals surface area contributed by atoms with E-state index in [1.807, 2.05) is 43.3 Å². The molecule has 0 fully saturated rings. The number of urea groups is 1. The number of furan rings is 1. The monoisotopic (exact) mass is 323 g/mol. The molecule has 0 unspecified atom stereocenters. The van der Waals surface area contributed by atoms with Crippen molar-refractivity contribution in [2.75, 3.05) is 29.6 Å². The summed E-state index contributed by atoms with van der Waals surface area (Å²) in [5.41, 5.74) is 1.79. The van der Waals surface area contributed by atoms with Crippen LogP contribution in [0.3, 0.4) is 0 Å². The van der Waals surface area contributed by atoms with Gasteiger partial charge >= 0.3 is 6.03 Å². The first-order valence-electron chi connectivity index (χ1n) is 5.65. The predicted molar refractivity (Wildman–Crippen MR) is 79.8 cm³/mol. The quantitative estimate of drug-likeness (QED) is 0.904. The van der Waals surface area contributed by atoms with Crippen LogP contribution in [0.5, 0.6) is 0 Å². The number of nitrogens with zero attached hydrogens (tertiary/aromatic N) is 1. The molecule has 2 aromatic rings. The van der Waals surface area contributed by atoms with E-state index in [0.29, 0.717) is 16.2 Å². The molecule has 1 aromatic carbocycles. The maximum absolute atomic E-state index is 11.7. The van der Waals surface area contributed by atoms with Gasteiger partial charge in [0.25, 0.3) is 0 Å². The van der Waals surface area contributed by atoms with E-state index in [9.17, 15) is 4.79 Å². The number of benzene rings is 1. The number of hydrogen-bond donors (Lipinski definition) is 2. The van der Waals surface area contributed by atoms with Crippen LogP contribution >= 0.6 is 15.9 Å². The lowest BCUT2D eigenvalue weighted by Crippen LogP contribution is -2.19. The van der Waals surface area contributed by atoms with Crippen molar-refractivity contribution < 1.29 is 9.21 Å². The molecule has 0 aliphatic carbocycles. The van der Waals surface area contributed by atoms with Gasteiger partial charge in [0.1, 0.15) is 0 Å².